The monoisotopic (exact) mass is 369 g/mol. The maximum Gasteiger partial charge on any atom is 0.335 e. The van der Waals surface area contributed by atoms with Gasteiger partial charge in [-0.25, -0.2) is 13.2 Å². The molecule has 0 saturated heterocycles. The third kappa shape index (κ3) is 3.83. The van der Waals surface area contributed by atoms with Crippen molar-refractivity contribution in [2.75, 3.05) is 4.72 Å². The van der Waals surface area contributed by atoms with Crippen LogP contribution in [-0.2, 0) is 10.0 Å². The van der Waals surface area contributed by atoms with Crippen LogP contribution in [0.5, 0.6) is 0 Å². The van der Waals surface area contributed by atoms with E-state index in [1.165, 1.54) is 24.3 Å². The third-order valence-electron chi connectivity index (χ3n) is 2.70. The maximum absolute atomic E-state index is 12.3. The lowest BCUT2D eigenvalue weighted by Crippen LogP contribution is -2.13. The summed E-state index contributed by atoms with van der Waals surface area (Å²) in [4.78, 5) is 11.1. The zero-order valence-electron chi connectivity index (χ0n) is 11.0. The van der Waals surface area contributed by atoms with Gasteiger partial charge in [0.05, 0.1) is 16.1 Å². The van der Waals surface area contributed by atoms with Crippen molar-refractivity contribution in [2.24, 2.45) is 0 Å². The number of carbonyl (C=O) groups is 1. The quantitative estimate of drug-likeness (QED) is 0.866. The standard InChI is InChI=1S/C14H12BrNO4S/c1-9-3-2-4-13(5-9)21(19,20)16-12-7-10(14(17)18)6-11(15)8-12/h2-8,16H,1H3,(H,17,18). The van der Waals surface area contributed by atoms with Crippen molar-refractivity contribution < 1.29 is 18.3 Å². The zero-order chi connectivity index (χ0) is 15.6. The number of nitrogens with one attached hydrogen (secondary N) is 1. The molecule has 0 aliphatic carbocycles. The molecule has 2 rings (SSSR count). The molecule has 110 valence electrons. The molecule has 7 heteroatoms. The normalized spacial score (nSPS) is 11.1. The van der Waals surface area contributed by atoms with Gasteiger partial charge in [0.15, 0.2) is 0 Å². The average Bonchev–Trinajstić information content (AvgIpc) is 2.37. The molecule has 5 nitrogen and oxygen atoms in total. The zero-order valence-corrected chi connectivity index (χ0v) is 13.4. The molecule has 2 N–H and O–H groups in total. The van der Waals surface area contributed by atoms with Crippen LogP contribution in [0.25, 0.3) is 0 Å². The van der Waals surface area contributed by atoms with Crippen molar-refractivity contribution in [3.63, 3.8) is 0 Å². The summed E-state index contributed by atoms with van der Waals surface area (Å²) in [5.74, 6) is -1.13. The van der Waals surface area contributed by atoms with Crippen LogP contribution in [0.15, 0.2) is 51.8 Å². The van der Waals surface area contributed by atoms with Gasteiger partial charge in [-0.1, -0.05) is 28.1 Å². The second-order valence-electron chi connectivity index (χ2n) is 4.46. The molecule has 0 radical (unpaired) electrons. The summed E-state index contributed by atoms with van der Waals surface area (Å²) in [5.41, 5.74) is 0.993. The van der Waals surface area contributed by atoms with Gasteiger partial charge in [0.1, 0.15) is 0 Å². The van der Waals surface area contributed by atoms with Crippen LogP contribution in [0.2, 0.25) is 0 Å². The summed E-state index contributed by atoms with van der Waals surface area (Å²) in [6.07, 6.45) is 0. The Kier molecular flexibility index (Phi) is 4.34. The summed E-state index contributed by atoms with van der Waals surface area (Å²) in [7, 11) is -3.76. The first-order valence-electron chi connectivity index (χ1n) is 5.91. The Morgan fingerprint density at radius 1 is 1.19 bits per heavy atom. The summed E-state index contributed by atoms with van der Waals surface area (Å²) in [5, 5.41) is 8.99. The van der Waals surface area contributed by atoms with Gasteiger partial charge in [-0.2, -0.15) is 0 Å². The van der Waals surface area contributed by atoms with Crippen LogP contribution in [0, 0.1) is 6.92 Å². The second kappa shape index (κ2) is 5.87. The molecule has 2 aromatic rings. The Bertz CT molecular complexity index is 802. The van der Waals surface area contributed by atoms with Gasteiger partial charge in [0.2, 0.25) is 0 Å². The summed E-state index contributed by atoms with van der Waals surface area (Å²) in [6.45, 7) is 1.79. The Labute approximate surface area is 130 Å². The van der Waals surface area contributed by atoms with Gasteiger partial charge >= 0.3 is 5.97 Å². The highest BCUT2D eigenvalue weighted by atomic mass is 79.9. The predicted octanol–water partition coefficient (Wildman–Crippen LogP) is 3.26. The number of rotatable bonds is 4. The fourth-order valence-electron chi connectivity index (χ4n) is 1.77. The number of sulfonamides is 1. The van der Waals surface area contributed by atoms with E-state index in [2.05, 4.69) is 20.7 Å². The van der Waals surface area contributed by atoms with Crippen molar-refractivity contribution in [2.45, 2.75) is 11.8 Å². The highest BCUT2D eigenvalue weighted by Gasteiger charge is 2.15. The molecule has 0 aromatic heterocycles. The number of aryl methyl sites for hydroxylation is 1. The lowest BCUT2D eigenvalue weighted by atomic mass is 10.2. The van der Waals surface area contributed by atoms with Gasteiger partial charge in [0, 0.05) is 4.47 Å². The van der Waals surface area contributed by atoms with Gasteiger partial charge in [-0.15, -0.1) is 0 Å². The van der Waals surface area contributed by atoms with Crippen molar-refractivity contribution in [1.82, 2.24) is 0 Å². The molecule has 21 heavy (non-hydrogen) atoms. The summed E-state index contributed by atoms with van der Waals surface area (Å²) in [6, 6.07) is 10.6. The third-order valence-corrected chi connectivity index (χ3v) is 4.53. The first-order chi connectivity index (χ1) is 9.78. The highest BCUT2D eigenvalue weighted by Crippen LogP contribution is 2.23. The first-order valence-corrected chi connectivity index (χ1v) is 8.19. The highest BCUT2D eigenvalue weighted by molar-refractivity contribution is 9.10. The Balaban J connectivity index is 2.39. The van der Waals surface area contributed by atoms with E-state index in [0.29, 0.717) is 4.47 Å². The van der Waals surface area contributed by atoms with E-state index in [4.69, 9.17) is 5.11 Å². The lowest BCUT2D eigenvalue weighted by molar-refractivity contribution is 0.0697. The lowest BCUT2D eigenvalue weighted by Gasteiger charge is -2.10. The summed E-state index contributed by atoms with van der Waals surface area (Å²) < 4.78 is 27.4. The average molecular weight is 370 g/mol. The molecule has 0 atom stereocenters. The van der Waals surface area contributed by atoms with Crippen molar-refractivity contribution in [3.05, 3.63) is 58.1 Å². The molecule has 0 aliphatic heterocycles. The number of halogens is 1. The van der Waals surface area contributed by atoms with Crippen LogP contribution >= 0.6 is 15.9 Å². The largest absolute Gasteiger partial charge is 0.478 e. The smallest absolute Gasteiger partial charge is 0.335 e. The minimum Gasteiger partial charge on any atom is -0.478 e. The van der Waals surface area contributed by atoms with Crippen LogP contribution in [0.1, 0.15) is 15.9 Å². The minimum absolute atomic E-state index is 0.00804. The minimum atomic E-state index is -3.76. The van der Waals surface area contributed by atoms with Crippen LogP contribution in [0.3, 0.4) is 0 Å². The van der Waals surface area contributed by atoms with E-state index in [1.807, 2.05) is 0 Å². The van der Waals surface area contributed by atoms with Gasteiger partial charge in [-0.05, 0) is 42.8 Å². The molecular formula is C14H12BrNO4S. The second-order valence-corrected chi connectivity index (χ2v) is 7.05. The van der Waals surface area contributed by atoms with E-state index in [9.17, 15) is 13.2 Å². The van der Waals surface area contributed by atoms with Gasteiger partial charge < -0.3 is 5.11 Å². The Morgan fingerprint density at radius 2 is 1.90 bits per heavy atom. The molecule has 0 spiro atoms. The van der Waals surface area contributed by atoms with E-state index in [-0.39, 0.29) is 16.1 Å². The molecule has 0 heterocycles. The Morgan fingerprint density at radius 3 is 2.52 bits per heavy atom. The SMILES string of the molecule is Cc1cccc(S(=O)(=O)Nc2cc(Br)cc(C(=O)O)c2)c1. The summed E-state index contributed by atoms with van der Waals surface area (Å²) >= 11 is 3.16. The number of hydrogen-bond donors (Lipinski definition) is 2. The van der Waals surface area contributed by atoms with E-state index in [1.54, 1.807) is 25.1 Å². The van der Waals surface area contributed by atoms with Crippen molar-refractivity contribution >= 4 is 37.6 Å². The van der Waals surface area contributed by atoms with E-state index < -0.39 is 16.0 Å². The topological polar surface area (TPSA) is 83.5 Å². The van der Waals surface area contributed by atoms with Crippen molar-refractivity contribution in [3.8, 4) is 0 Å². The number of benzene rings is 2. The fourth-order valence-corrected chi connectivity index (χ4v) is 3.41. The van der Waals surface area contributed by atoms with E-state index in [0.717, 1.165) is 5.56 Å². The molecular weight excluding hydrogens is 358 g/mol. The van der Waals surface area contributed by atoms with Crippen LogP contribution in [0.4, 0.5) is 5.69 Å². The number of anilines is 1. The number of carboxylic acids is 1. The van der Waals surface area contributed by atoms with Crippen molar-refractivity contribution in [1.29, 1.82) is 0 Å². The first kappa shape index (κ1) is 15.5. The van der Waals surface area contributed by atoms with Gasteiger partial charge in [0.25, 0.3) is 10.0 Å². The van der Waals surface area contributed by atoms with E-state index >= 15 is 0 Å². The maximum atomic E-state index is 12.3. The van der Waals surface area contributed by atoms with Crippen LogP contribution in [-0.4, -0.2) is 19.5 Å². The number of hydrogen-bond acceptors (Lipinski definition) is 3. The molecule has 0 saturated carbocycles. The molecule has 2 aromatic carbocycles. The number of carboxylic acid groups (broad SMARTS) is 1. The molecule has 0 amide bonds. The molecule has 0 aliphatic rings. The van der Waals surface area contributed by atoms with Crippen LogP contribution < -0.4 is 4.72 Å². The molecule has 0 fully saturated rings. The molecule has 0 unspecified atom stereocenters. The van der Waals surface area contributed by atoms with Gasteiger partial charge in [-0.3, -0.25) is 4.72 Å². The molecule has 0 bridgehead atoms. The fraction of sp³-hybridized carbons (Fsp3) is 0.0714. The Hall–Kier alpha value is -1.86. The predicted molar refractivity (Wildman–Crippen MR) is 83.1 cm³/mol. The number of aromatic carboxylic acids is 1.